The van der Waals surface area contributed by atoms with E-state index in [9.17, 15) is 38.4 Å². The summed E-state index contributed by atoms with van der Waals surface area (Å²) in [6.07, 6.45) is 8.07. The number of amides is 8. The van der Waals surface area contributed by atoms with E-state index in [0.717, 1.165) is 0 Å². The van der Waals surface area contributed by atoms with Gasteiger partial charge in [-0.15, -0.1) is 10.2 Å². The van der Waals surface area contributed by atoms with Gasteiger partial charge >= 0.3 is 0 Å². The quantitative estimate of drug-likeness (QED) is 0.0330. The first-order valence-electron chi connectivity index (χ1n) is 19.3. The molecule has 330 valence electrons. The first-order chi connectivity index (χ1) is 28.2. The van der Waals surface area contributed by atoms with Gasteiger partial charge in [0, 0.05) is 131 Å². The van der Waals surface area contributed by atoms with Gasteiger partial charge in [0.25, 0.3) is 0 Å². The van der Waals surface area contributed by atoms with E-state index in [0.29, 0.717) is 82.3 Å². The van der Waals surface area contributed by atoms with Gasteiger partial charge < -0.3 is 43.4 Å². The van der Waals surface area contributed by atoms with Crippen molar-refractivity contribution < 1.29 is 104 Å². The van der Waals surface area contributed by atoms with Crippen LogP contribution in [-0.2, 0) is 130 Å². The first-order valence-corrected chi connectivity index (χ1v) is 19.3. The van der Waals surface area contributed by atoms with Crippen LogP contribution in [0.3, 0.4) is 0 Å². The molecule has 6 radical (unpaired) electrons. The maximum atomic E-state index is 12.3. The Morgan fingerprint density at radius 3 is 1.23 bits per heavy atom. The van der Waals surface area contributed by atoms with E-state index < -0.39 is 23.9 Å². The third kappa shape index (κ3) is 31.8. The summed E-state index contributed by atoms with van der Waals surface area (Å²) < 4.78 is 2.87. The summed E-state index contributed by atoms with van der Waals surface area (Å²) >= 11 is 0. The van der Waals surface area contributed by atoms with E-state index in [2.05, 4.69) is 68.2 Å². The summed E-state index contributed by atoms with van der Waals surface area (Å²) in [4.78, 5) is 93.9. The topological polar surface area (TPSA) is 322 Å². The van der Waals surface area contributed by atoms with Crippen LogP contribution < -0.4 is 43.4 Å². The molecule has 0 aromatic carbocycles. The number of unbranched alkanes of at least 4 members (excludes halogenated alkanes) is 2. The molecule has 0 bridgehead atoms. The normalized spacial score (nSPS) is 10.8. The third-order valence-corrected chi connectivity index (χ3v) is 8.00. The summed E-state index contributed by atoms with van der Waals surface area (Å²) in [5.41, 5.74) is 11.7. The number of carbonyl (C=O) groups excluding carboxylic acids is 8. The molecule has 2 aromatic rings. The predicted octanol–water partition coefficient (Wildman–Crippen LogP) is -2.29. The molecule has 2 heterocycles. The van der Waals surface area contributed by atoms with Gasteiger partial charge in [-0.3, -0.25) is 38.4 Å². The minimum Gasteiger partial charge on any atom is -0.368 e. The summed E-state index contributed by atoms with van der Waals surface area (Å²) in [6, 6.07) is -1.47. The van der Waals surface area contributed by atoms with Gasteiger partial charge in [0.2, 0.25) is 47.3 Å². The number of rotatable bonds is 28. The Labute approximate surface area is 410 Å². The van der Waals surface area contributed by atoms with Crippen molar-refractivity contribution in [2.24, 2.45) is 11.5 Å². The summed E-state index contributed by atoms with van der Waals surface area (Å²) in [6.45, 7) is 6.59. The van der Waals surface area contributed by atoms with Crippen LogP contribution in [0.2, 0.25) is 13.6 Å². The molecule has 0 aliphatic heterocycles. The fraction of sp³-hybridized carbons (Fsp3) is 0.657. The zero-order valence-electron chi connectivity index (χ0n) is 35.7. The summed E-state index contributed by atoms with van der Waals surface area (Å²) in [5, 5.41) is 31.9. The SMILES string of the molecule is CC(=O)N[C@@H](CCCCNC(=O)CCc1cn(CNC(=O)CCCC(=O)NCn2cc(CCC(=O)NCCCC[C@H](NC(C)=O)C(N)=O)nn2)nn1)C(N)=O.[B]C.[B]C.[Y].[Y]. The van der Waals surface area contributed by atoms with Crippen LogP contribution in [0.1, 0.15) is 95.9 Å². The molecule has 10 N–H and O–H groups in total. The van der Waals surface area contributed by atoms with Gasteiger partial charge in [-0.1, -0.05) is 24.1 Å². The fourth-order valence-electron chi connectivity index (χ4n) is 5.11. The van der Waals surface area contributed by atoms with Gasteiger partial charge in [-0.2, -0.15) is 0 Å². The number of nitrogens with zero attached hydrogens (tertiary/aromatic N) is 6. The maximum absolute atomic E-state index is 12.3. The molecule has 8 amide bonds. The Balaban J connectivity index is -0.00000543. The predicted molar refractivity (Wildman–Crippen MR) is 217 cm³/mol. The zero-order valence-corrected chi connectivity index (χ0v) is 41.4. The van der Waals surface area contributed by atoms with Crippen molar-refractivity contribution in [1.82, 2.24) is 61.9 Å². The number of aryl methyl sites for hydroxylation is 2. The van der Waals surface area contributed by atoms with Gasteiger partial charge in [-0.25, -0.2) is 9.36 Å². The number of nitrogens with one attached hydrogen (secondary N) is 6. The summed E-state index contributed by atoms with van der Waals surface area (Å²) in [5.74, 6) is -2.76. The molecule has 2 aromatic heterocycles. The largest absolute Gasteiger partial charge is 0.368 e. The summed E-state index contributed by atoms with van der Waals surface area (Å²) in [7, 11) is 9.00. The van der Waals surface area contributed by atoms with E-state index in [1.54, 1.807) is 12.4 Å². The zero-order chi connectivity index (χ0) is 44.6. The minimum atomic E-state index is -0.733. The molecular formula is C35H60B2N14O8Y2. The van der Waals surface area contributed by atoms with Crippen molar-refractivity contribution in [3.8, 4) is 0 Å². The molecule has 0 aliphatic rings. The molecule has 2 rings (SSSR count). The average Bonchev–Trinajstić information content (AvgIpc) is 3.87. The van der Waals surface area contributed by atoms with Gasteiger partial charge in [0.05, 0.1) is 39.5 Å². The number of carbonyl (C=O) groups is 8. The van der Waals surface area contributed by atoms with Crippen molar-refractivity contribution >= 4 is 62.9 Å². The molecule has 2 atom stereocenters. The van der Waals surface area contributed by atoms with Crippen LogP contribution in [-0.4, -0.2) is 118 Å². The molecule has 0 unspecified atom stereocenters. The molecule has 22 nitrogen and oxygen atoms in total. The Morgan fingerprint density at radius 1 is 0.557 bits per heavy atom. The van der Waals surface area contributed by atoms with Gasteiger partial charge in [-0.05, 0) is 44.9 Å². The van der Waals surface area contributed by atoms with Crippen LogP contribution in [0.25, 0.3) is 0 Å². The van der Waals surface area contributed by atoms with Gasteiger partial charge in [0.15, 0.2) is 0 Å². The van der Waals surface area contributed by atoms with E-state index >= 15 is 0 Å². The smallest absolute Gasteiger partial charge is 0.239 e. The van der Waals surface area contributed by atoms with Crippen LogP contribution >= 0.6 is 0 Å². The number of nitrogens with two attached hydrogens (primary N) is 2. The van der Waals surface area contributed by atoms with Crippen LogP contribution in [0.4, 0.5) is 0 Å². The van der Waals surface area contributed by atoms with Crippen LogP contribution in [0.15, 0.2) is 12.4 Å². The fourth-order valence-corrected chi connectivity index (χ4v) is 5.11. The third-order valence-electron chi connectivity index (χ3n) is 8.00. The Bertz CT molecular complexity index is 1510. The molecule has 0 saturated heterocycles. The standard InChI is InChI=1S/C33H54N14O8.2CH3B.2Y/c1-22(48)40-26(32(34)54)8-3-5-16-36-30(52)14-12-24-18-46(44-42-24)20-38-28(50)10-7-11-29(51)39-21-47-19-25(43-45-47)13-15-31(53)37-17-6-4-9-27(33(35)55)41-23(2)49;2*1-2;;/h18-19,26-27H,3-17,20-21H2,1-2H3,(H2,34,54)(H2,35,55)(H,36,52)(H,37,53)(H,38,50)(H,39,51)(H,40,48)(H,41,49);2*1H3;;/t26-,27-;;;;/m0..../s1. The van der Waals surface area contributed by atoms with Crippen molar-refractivity contribution in [1.29, 1.82) is 0 Å². The van der Waals surface area contributed by atoms with Crippen molar-refractivity contribution in [2.75, 3.05) is 13.1 Å². The average molecular weight is 1000 g/mol. The molecule has 0 saturated carbocycles. The van der Waals surface area contributed by atoms with E-state index in [1.165, 1.54) is 36.9 Å². The molecule has 0 fully saturated rings. The van der Waals surface area contributed by atoms with E-state index in [1.807, 2.05) is 0 Å². The molecule has 26 heteroatoms. The number of aromatic nitrogens is 6. The maximum Gasteiger partial charge on any atom is 0.239 e. The van der Waals surface area contributed by atoms with Crippen molar-refractivity contribution in [3.05, 3.63) is 23.8 Å². The second-order valence-electron chi connectivity index (χ2n) is 12.9. The monoisotopic (exact) mass is 1000 g/mol. The second kappa shape index (κ2) is 38.1. The Morgan fingerprint density at radius 2 is 0.902 bits per heavy atom. The van der Waals surface area contributed by atoms with E-state index in [-0.39, 0.29) is 140 Å². The van der Waals surface area contributed by atoms with Crippen LogP contribution in [0.5, 0.6) is 0 Å². The van der Waals surface area contributed by atoms with E-state index in [4.69, 9.17) is 11.5 Å². The van der Waals surface area contributed by atoms with Crippen molar-refractivity contribution in [2.45, 2.75) is 136 Å². The number of hydrogen-bond donors (Lipinski definition) is 8. The van der Waals surface area contributed by atoms with Crippen molar-refractivity contribution in [3.63, 3.8) is 0 Å². The van der Waals surface area contributed by atoms with Gasteiger partial charge in [0.1, 0.15) is 25.4 Å². The molecular weight excluding hydrogens is 944 g/mol. The van der Waals surface area contributed by atoms with Crippen LogP contribution in [0, 0.1) is 0 Å². The number of primary amides is 2. The molecule has 61 heavy (non-hydrogen) atoms. The second-order valence-corrected chi connectivity index (χ2v) is 12.9. The first kappa shape index (κ1) is 61.7. The Hall–Kier alpha value is -3.62. The molecule has 0 spiro atoms. The molecule has 0 aliphatic carbocycles. The number of hydrogen-bond acceptors (Lipinski definition) is 12. The minimum absolute atomic E-state index is 0. The Kier molecular flexibility index (Phi) is 38.5.